The van der Waals surface area contributed by atoms with Crippen LogP contribution < -0.4 is 15.4 Å². The molecule has 0 aromatic carbocycles. The van der Waals surface area contributed by atoms with E-state index in [-0.39, 0.29) is 35.2 Å². The van der Waals surface area contributed by atoms with Crippen molar-refractivity contribution in [2.45, 2.75) is 39.7 Å². The van der Waals surface area contributed by atoms with Gasteiger partial charge in [0.1, 0.15) is 5.82 Å². The van der Waals surface area contributed by atoms with E-state index in [2.05, 4.69) is 20.6 Å². The lowest BCUT2D eigenvalue weighted by molar-refractivity contribution is -0.118. The van der Waals surface area contributed by atoms with Crippen molar-refractivity contribution >= 4 is 17.6 Å². The first-order chi connectivity index (χ1) is 13.5. The summed E-state index contributed by atoms with van der Waals surface area (Å²) in [5.41, 5.74) is 1.01. The molecule has 0 aliphatic rings. The fourth-order valence-electron chi connectivity index (χ4n) is 2.22. The van der Waals surface area contributed by atoms with Crippen LogP contribution in [0.4, 0.5) is 14.6 Å². The molecule has 0 bridgehead atoms. The van der Waals surface area contributed by atoms with Gasteiger partial charge in [-0.2, -0.15) is 0 Å². The second-order valence-corrected chi connectivity index (χ2v) is 7.06. The standard InChI is InChI=1S/C20H24F2N4O3/c1-12(2)18(27)26-16-9-14(7-8-23-16)13(3)25-19(28)15-5-6-17(24-10-15)29-11-20(4,21)22/h5-10,12-13H,11H2,1-4H3,(H,25,28)(H,23,26,27). The van der Waals surface area contributed by atoms with E-state index >= 15 is 0 Å². The molecule has 0 radical (unpaired) electrons. The van der Waals surface area contributed by atoms with Gasteiger partial charge >= 0.3 is 0 Å². The molecule has 2 heterocycles. The van der Waals surface area contributed by atoms with E-state index in [1.54, 1.807) is 39.1 Å². The highest BCUT2D eigenvalue weighted by molar-refractivity contribution is 5.94. The highest BCUT2D eigenvalue weighted by atomic mass is 19.3. The molecule has 0 saturated carbocycles. The maximum Gasteiger partial charge on any atom is 0.278 e. The number of nitrogens with one attached hydrogen (secondary N) is 2. The maximum absolute atomic E-state index is 12.8. The van der Waals surface area contributed by atoms with Gasteiger partial charge in [0.05, 0.1) is 11.6 Å². The Morgan fingerprint density at radius 1 is 1.17 bits per heavy atom. The molecule has 2 N–H and O–H groups in total. The molecule has 7 nitrogen and oxygen atoms in total. The number of hydrogen-bond donors (Lipinski definition) is 2. The highest BCUT2D eigenvalue weighted by Gasteiger charge is 2.22. The van der Waals surface area contributed by atoms with E-state index in [1.165, 1.54) is 18.3 Å². The van der Waals surface area contributed by atoms with Gasteiger partial charge in [-0.3, -0.25) is 9.59 Å². The zero-order valence-corrected chi connectivity index (χ0v) is 16.7. The molecule has 2 aromatic heterocycles. The number of carbonyl (C=O) groups excluding carboxylic acids is 2. The van der Waals surface area contributed by atoms with Gasteiger partial charge in [0.25, 0.3) is 11.8 Å². The molecule has 0 saturated heterocycles. The van der Waals surface area contributed by atoms with Crippen LogP contribution in [-0.4, -0.2) is 34.3 Å². The van der Waals surface area contributed by atoms with Crippen molar-refractivity contribution in [2.75, 3.05) is 11.9 Å². The number of pyridine rings is 2. The van der Waals surface area contributed by atoms with Crippen molar-refractivity contribution in [3.05, 3.63) is 47.8 Å². The summed E-state index contributed by atoms with van der Waals surface area (Å²) in [6.45, 7) is 5.30. The second kappa shape index (κ2) is 9.40. The minimum Gasteiger partial charge on any atom is -0.471 e. The number of hydrogen-bond acceptors (Lipinski definition) is 5. The topological polar surface area (TPSA) is 93.2 Å². The molecule has 0 spiro atoms. The van der Waals surface area contributed by atoms with Gasteiger partial charge in [-0.1, -0.05) is 13.8 Å². The summed E-state index contributed by atoms with van der Waals surface area (Å²) in [6, 6.07) is 5.85. The normalized spacial score (nSPS) is 12.4. The summed E-state index contributed by atoms with van der Waals surface area (Å²) in [5, 5.41) is 5.52. The third kappa shape index (κ3) is 7.10. The Labute approximate surface area is 167 Å². The Morgan fingerprint density at radius 2 is 1.90 bits per heavy atom. The first-order valence-electron chi connectivity index (χ1n) is 9.09. The Hall–Kier alpha value is -3.10. The summed E-state index contributed by atoms with van der Waals surface area (Å²) < 4.78 is 30.5. The van der Waals surface area contributed by atoms with Gasteiger partial charge in [0.15, 0.2) is 6.61 Å². The van der Waals surface area contributed by atoms with E-state index < -0.39 is 12.5 Å². The van der Waals surface area contributed by atoms with Gasteiger partial charge in [0.2, 0.25) is 11.8 Å². The molecule has 2 aromatic rings. The molecule has 156 valence electrons. The molecule has 29 heavy (non-hydrogen) atoms. The zero-order valence-electron chi connectivity index (χ0n) is 16.7. The van der Waals surface area contributed by atoms with Crippen molar-refractivity contribution in [3.8, 4) is 5.88 Å². The average molecular weight is 406 g/mol. The molecular weight excluding hydrogens is 382 g/mol. The Morgan fingerprint density at radius 3 is 2.48 bits per heavy atom. The number of amides is 2. The Balaban J connectivity index is 1.99. The van der Waals surface area contributed by atoms with Crippen LogP contribution in [0.1, 0.15) is 49.7 Å². The van der Waals surface area contributed by atoms with Crippen LogP contribution in [0.5, 0.6) is 5.88 Å². The molecular formula is C20H24F2N4O3. The average Bonchev–Trinajstić information content (AvgIpc) is 2.66. The number of halogens is 2. The largest absolute Gasteiger partial charge is 0.471 e. The van der Waals surface area contributed by atoms with E-state index in [0.29, 0.717) is 5.82 Å². The molecule has 0 aliphatic heterocycles. The van der Waals surface area contributed by atoms with E-state index in [1.807, 2.05) is 0 Å². The van der Waals surface area contributed by atoms with Crippen LogP contribution >= 0.6 is 0 Å². The monoisotopic (exact) mass is 406 g/mol. The Kier molecular flexibility index (Phi) is 7.19. The molecule has 9 heteroatoms. The van der Waals surface area contributed by atoms with Gasteiger partial charge in [-0.15, -0.1) is 0 Å². The van der Waals surface area contributed by atoms with Gasteiger partial charge in [-0.05, 0) is 30.7 Å². The van der Waals surface area contributed by atoms with E-state index in [4.69, 9.17) is 4.74 Å². The number of ether oxygens (including phenoxy) is 1. The number of carbonyl (C=O) groups is 2. The van der Waals surface area contributed by atoms with Crippen molar-refractivity contribution in [2.24, 2.45) is 5.92 Å². The van der Waals surface area contributed by atoms with Crippen molar-refractivity contribution in [1.29, 1.82) is 0 Å². The summed E-state index contributed by atoms with van der Waals surface area (Å²) in [6.07, 6.45) is 2.80. The molecule has 2 amide bonds. The molecule has 0 fully saturated rings. The fourth-order valence-corrected chi connectivity index (χ4v) is 2.22. The molecule has 1 unspecified atom stereocenters. The quantitative estimate of drug-likeness (QED) is 0.699. The molecule has 2 rings (SSSR count). The lowest BCUT2D eigenvalue weighted by atomic mass is 10.1. The zero-order chi connectivity index (χ0) is 21.6. The summed E-state index contributed by atoms with van der Waals surface area (Å²) in [7, 11) is 0. The number of nitrogens with zero attached hydrogens (tertiary/aromatic N) is 2. The third-order valence-electron chi connectivity index (χ3n) is 3.88. The minimum atomic E-state index is -2.97. The van der Waals surface area contributed by atoms with Gasteiger partial charge in [-0.25, -0.2) is 18.7 Å². The molecule has 1 atom stereocenters. The minimum absolute atomic E-state index is 0.00999. The van der Waals surface area contributed by atoms with Crippen LogP contribution in [0.2, 0.25) is 0 Å². The number of anilines is 1. The molecule has 0 aliphatic carbocycles. The predicted molar refractivity (Wildman–Crippen MR) is 104 cm³/mol. The lowest BCUT2D eigenvalue weighted by Crippen LogP contribution is -2.27. The smallest absolute Gasteiger partial charge is 0.278 e. The highest BCUT2D eigenvalue weighted by Crippen LogP contribution is 2.18. The summed E-state index contributed by atoms with van der Waals surface area (Å²) >= 11 is 0. The van der Waals surface area contributed by atoms with Crippen molar-refractivity contribution in [1.82, 2.24) is 15.3 Å². The Bertz CT molecular complexity index is 852. The van der Waals surface area contributed by atoms with E-state index in [0.717, 1.165) is 12.5 Å². The lowest BCUT2D eigenvalue weighted by Gasteiger charge is -2.16. The fraction of sp³-hybridized carbons (Fsp3) is 0.400. The van der Waals surface area contributed by atoms with Gasteiger partial charge < -0.3 is 15.4 Å². The number of alkyl halides is 2. The second-order valence-electron chi connectivity index (χ2n) is 7.06. The first kappa shape index (κ1) is 22.2. The summed E-state index contributed by atoms with van der Waals surface area (Å²) in [4.78, 5) is 32.2. The van der Waals surface area contributed by atoms with Crippen molar-refractivity contribution < 1.29 is 23.1 Å². The number of aromatic nitrogens is 2. The van der Waals surface area contributed by atoms with E-state index in [9.17, 15) is 18.4 Å². The first-order valence-corrected chi connectivity index (χ1v) is 9.09. The third-order valence-corrected chi connectivity index (χ3v) is 3.88. The number of rotatable bonds is 8. The van der Waals surface area contributed by atoms with Crippen molar-refractivity contribution in [3.63, 3.8) is 0 Å². The SMILES string of the molecule is CC(C)C(=O)Nc1cc(C(C)NC(=O)c2ccc(OCC(C)(F)F)nc2)ccn1. The maximum atomic E-state index is 12.8. The predicted octanol–water partition coefficient (Wildman–Crippen LogP) is 3.60. The van der Waals surface area contributed by atoms with Crippen LogP contribution in [0.25, 0.3) is 0 Å². The van der Waals surface area contributed by atoms with Gasteiger partial charge in [0, 0.05) is 31.3 Å². The van der Waals surface area contributed by atoms with Crippen LogP contribution in [0, 0.1) is 5.92 Å². The van der Waals surface area contributed by atoms with Crippen LogP contribution in [-0.2, 0) is 4.79 Å². The van der Waals surface area contributed by atoms with Crippen LogP contribution in [0.15, 0.2) is 36.7 Å². The summed E-state index contributed by atoms with van der Waals surface area (Å²) in [5.74, 6) is -3.28. The van der Waals surface area contributed by atoms with Crippen LogP contribution in [0.3, 0.4) is 0 Å².